The Kier molecular flexibility index (Phi) is 4.23. The summed E-state index contributed by atoms with van der Waals surface area (Å²) in [6.07, 6.45) is 8.01. The van der Waals surface area contributed by atoms with Gasteiger partial charge in [-0.3, -0.25) is 9.59 Å². The molecular formula is C17H28N2O2. The second-order valence-electron chi connectivity index (χ2n) is 7.55. The van der Waals surface area contributed by atoms with Crippen LogP contribution in [-0.2, 0) is 9.59 Å². The van der Waals surface area contributed by atoms with E-state index in [0.29, 0.717) is 17.8 Å². The quantitative estimate of drug-likeness (QED) is 0.864. The zero-order valence-electron chi connectivity index (χ0n) is 13.3. The van der Waals surface area contributed by atoms with E-state index in [9.17, 15) is 9.59 Å². The van der Waals surface area contributed by atoms with Crippen molar-refractivity contribution in [3.63, 3.8) is 0 Å². The first-order valence-corrected chi connectivity index (χ1v) is 8.68. The molecule has 4 nitrogen and oxygen atoms in total. The Labute approximate surface area is 127 Å². The van der Waals surface area contributed by atoms with E-state index < -0.39 is 0 Å². The van der Waals surface area contributed by atoms with E-state index in [-0.39, 0.29) is 23.9 Å². The smallest absolute Gasteiger partial charge is 0.246 e. The molecule has 0 aromatic heterocycles. The van der Waals surface area contributed by atoms with E-state index in [4.69, 9.17) is 0 Å². The Hall–Kier alpha value is -1.06. The molecule has 0 aromatic carbocycles. The van der Waals surface area contributed by atoms with Crippen molar-refractivity contribution < 1.29 is 9.59 Å². The minimum Gasteiger partial charge on any atom is -0.342 e. The van der Waals surface area contributed by atoms with Crippen LogP contribution in [0.5, 0.6) is 0 Å². The van der Waals surface area contributed by atoms with Gasteiger partial charge in [0.1, 0.15) is 12.1 Å². The summed E-state index contributed by atoms with van der Waals surface area (Å²) >= 11 is 0. The van der Waals surface area contributed by atoms with Gasteiger partial charge in [-0.2, -0.15) is 0 Å². The summed E-state index contributed by atoms with van der Waals surface area (Å²) in [5.41, 5.74) is 0. The standard InChI is InChI=1S/C17H28N2O2/c1-11(2)10-19-15(13-8-9-13)16(20)18-14(17(19)21)12-6-4-3-5-7-12/h11-15H,3-10H2,1-2H3,(H,18,20). The van der Waals surface area contributed by atoms with Gasteiger partial charge in [0.25, 0.3) is 0 Å². The predicted molar refractivity (Wildman–Crippen MR) is 81.6 cm³/mol. The Morgan fingerprint density at radius 1 is 1.05 bits per heavy atom. The number of nitrogens with zero attached hydrogens (tertiary/aromatic N) is 1. The van der Waals surface area contributed by atoms with Gasteiger partial charge in [0.05, 0.1) is 0 Å². The summed E-state index contributed by atoms with van der Waals surface area (Å²) in [7, 11) is 0. The van der Waals surface area contributed by atoms with Gasteiger partial charge in [0, 0.05) is 6.54 Å². The van der Waals surface area contributed by atoms with Gasteiger partial charge < -0.3 is 10.2 Å². The summed E-state index contributed by atoms with van der Waals surface area (Å²) in [6, 6.07) is -0.453. The van der Waals surface area contributed by atoms with E-state index in [1.807, 2.05) is 4.90 Å². The van der Waals surface area contributed by atoms with Crippen molar-refractivity contribution in [2.75, 3.05) is 6.54 Å². The first-order valence-electron chi connectivity index (χ1n) is 8.68. The molecule has 0 spiro atoms. The lowest BCUT2D eigenvalue weighted by molar-refractivity contribution is -0.152. The number of amides is 2. The highest BCUT2D eigenvalue weighted by atomic mass is 16.2. The van der Waals surface area contributed by atoms with Crippen LogP contribution >= 0.6 is 0 Å². The highest BCUT2D eigenvalue weighted by molar-refractivity contribution is 5.97. The van der Waals surface area contributed by atoms with Crippen LogP contribution in [-0.4, -0.2) is 35.3 Å². The zero-order chi connectivity index (χ0) is 15.0. The number of rotatable bonds is 4. The molecule has 3 rings (SSSR count). The van der Waals surface area contributed by atoms with Gasteiger partial charge in [-0.15, -0.1) is 0 Å². The maximum atomic E-state index is 13.0. The number of nitrogens with one attached hydrogen (secondary N) is 1. The normalized spacial score (nSPS) is 31.7. The van der Waals surface area contributed by atoms with Crippen LogP contribution in [0.2, 0.25) is 0 Å². The van der Waals surface area contributed by atoms with Crippen LogP contribution in [0.4, 0.5) is 0 Å². The van der Waals surface area contributed by atoms with E-state index in [1.54, 1.807) is 0 Å². The first kappa shape index (κ1) is 14.9. The van der Waals surface area contributed by atoms with E-state index >= 15 is 0 Å². The predicted octanol–water partition coefficient (Wildman–Crippen LogP) is 2.33. The molecule has 2 amide bonds. The fourth-order valence-corrected chi connectivity index (χ4v) is 4.02. The third kappa shape index (κ3) is 3.09. The lowest BCUT2D eigenvalue weighted by Crippen LogP contribution is -2.66. The number of piperazine rings is 1. The van der Waals surface area contributed by atoms with Crippen LogP contribution in [0.25, 0.3) is 0 Å². The molecule has 0 aromatic rings. The maximum absolute atomic E-state index is 13.0. The van der Waals surface area contributed by atoms with Crippen molar-refractivity contribution in [3.8, 4) is 0 Å². The highest BCUT2D eigenvalue weighted by Gasteiger charge is 2.49. The summed E-state index contributed by atoms with van der Waals surface area (Å²) < 4.78 is 0. The molecule has 1 aliphatic heterocycles. The Morgan fingerprint density at radius 2 is 1.71 bits per heavy atom. The second kappa shape index (κ2) is 5.98. The number of carbonyl (C=O) groups excluding carboxylic acids is 2. The van der Waals surface area contributed by atoms with Crippen LogP contribution in [0.3, 0.4) is 0 Å². The third-order valence-electron chi connectivity index (χ3n) is 5.20. The van der Waals surface area contributed by atoms with Crippen molar-refractivity contribution >= 4 is 11.8 Å². The van der Waals surface area contributed by atoms with Gasteiger partial charge in [0.2, 0.25) is 11.8 Å². The van der Waals surface area contributed by atoms with Crippen LogP contribution < -0.4 is 5.32 Å². The van der Waals surface area contributed by atoms with Crippen molar-refractivity contribution in [1.29, 1.82) is 0 Å². The molecule has 118 valence electrons. The van der Waals surface area contributed by atoms with E-state index in [1.165, 1.54) is 19.3 Å². The number of carbonyl (C=O) groups is 2. The Bertz CT molecular complexity index is 411. The molecule has 2 saturated carbocycles. The molecule has 21 heavy (non-hydrogen) atoms. The van der Waals surface area contributed by atoms with Gasteiger partial charge in [-0.25, -0.2) is 0 Å². The Balaban J connectivity index is 1.78. The maximum Gasteiger partial charge on any atom is 0.246 e. The van der Waals surface area contributed by atoms with Crippen LogP contribution in [0.15, 0.2) is 0 Å². The lowest BCUT2D eigenvalue weighted by atomic mass is 9.81. The fourth-order valence-electron chi connectivity index (χ4n) is 4.02. The monoisotopic (exact) mass is 292 g/mol. The molecule has 1 N–H and O–H groups in total. The molecule has 1 saturated heterocycles. The molecule has 3 aliphatic rings. The average molecular weight is 292 g/mol. The van der Waals surface area contributed by atoms with Crippen molar-refractivity contribution in [2.45, 2.75) is 70.9 Å². The van der Waals surface area contributed by atoms with Crippen molar-refractivity contribution in [2.24, 2.45) is 17.8 Å². The number of hydrogen-bond acceptors (Lipinski definition) is 2. The summed E-state index contributed by atoms with van der Waals surface area (Å²) in [4.78, 5) is 27.4. The number of hydrogen-bond donors (Lipinski definition) is 1. The summed E-state index contributed by atoms with van der Waals surface area (Å²) in [5.74, 6) is 1.46. The van der Waals surface area contributed by atoms with Crippen LogP contribution in [0, 0.1) is 17.8 Å². The minimum atomic E-state index is -0.258. The van der Waals surface area contributed by atoms with Crippen molar-refractivity contribution in [1.82, 2.24) is 10.2 Å². The molecule has 2 aliphatic carbocycles. The molecule has 2 atom stereocenters. The largest absolute Gasteiger partial charge is 0.342 e. The third-order valence-corrected chi connectivity index (χ3v) is 5.20. The molecule has 0 radical (unpaired) electrons. The van der Waals surface area contributed by atoms with E-state index in [2.05, 4.69) is 19.2 Å². The van der Waals surface area contributed by atoms with Gasteiger partial charge >= 0.3 is 0 Å². The van der Waals surface area contributed by atoms with Gasteiger partial charge in [0.15, 0.2) is 0 Å². The van der Waals surface area contributed by atoms with Gasteiger partial charge in [-0.05, 0) is 43.4 Å². The molecule has 3 fully saturated rings. The lowest BCUT2D eigenvalue weighted by Gasteiger charge is -2.43. The zero-order valence-corrected chi connectivity index (χ0v) is 13.3. The molecular weight excluding hydrogens is 264 g/mol. The fraction of sp³-hybridized carbons (Fsp3) is 0.882. The van der Waals surface area contributed by atoms with E-state index in [0.717, 1.165) is 32.2 Å². The van der Waals surface area contributed by atoms with Gasteiger partial charge in [-0.1, -0.05) is 33.1 Å². The minimum absolute atomic E-state index is 0.105. The van der Waals surface area contributed by atoms with Crippen molar-refractivity contribution in [3.05, 3.63) is 0 Å². The summed E-state index contributed by atoms with van der Waals surface area (Å²) in [6.45, 7) is 4.97. The topological polar surface area (TPSA) is 49.4 Å². The molecule has 4 heteroatoms. The second-order valence-corrected chi connectivity index (χ2v) is 7.55. The first-order chi connectivity index (χ1) is 10.1. The Morgan fingerprint density at radius 3 is 2.29 bits per heavy atom. The van der Waals surface area contributed by atoms with Crippen LogP contribution in [0.1, 0.15) is 58.8 Å². The molecule has 0 bridgehead atoms. The molecule has 2 unspecified atom stereocenters. The summed E-state index contributed by atoms with van der Waals surface area (Å²) in [5, 5.41) is 3.08. The highest BCUT2D eigenvalue weighted by Crippen LogP contribution is 2.38. The average Bonchev–Trinajstić information content (AvgIpc) is 3.27. The molecule has 1 heterocycles. The SMILES string of the molecule is CC(C)CN1C(=O)C(C2CCCCC2)NC(=O)C1C1CC1.